The zero-order valence-electron chi connectivity index (χ0n) is 51.3. The van der Waals surface area contributed by atoms with Crippen LogP contribution in [-0.4, -0.2) is 175 Å². The van der Waals surface area contributed by atoms with E-state index >= 15 is 0 Å². The van der Waals surface area contributed by atoms with Gasteiger partial charge in [-0.15, -0.1) is 0 Å². The van der Waals surface area contributed by atoms with Crippen molar-refractivity contribution in [3.63, 3.8) is 0 Å². The molecule has 5 aliphatic rings. The predicted octanol–water partition coefficient (Wildman–Crippen LogP) is 10.9. The fourth-order valence-electron chi connectivity index (χ4n) is 10.1. The van der Waals surface area contributed by atoms with Gasteiger partial charge in [-0.1, -0.05) is 31.0 Å². The molecule has 5 saturated heterocycles. The van der Waals surface area contributed by atoms with Crippen LogP contribution in [0, 0.1) is 29.3 Å². The summed E-state index contributed by atoms with van der Waals surface area (Å²) in [5.41, 5.74) is 5.48. The molecule has 9 rings (SSSR count). The Kier molecular flexibility index (Phi) is 27.4. The van der Waals surface area contributed by atoms with E-state index in [4.69, 9.17) is 33.2 Å². The van der Waals surface area contributed by atoms with Crippen molar-refractivity contribution >= 4 is 109 Å². The Morgan fingerprint density at radius 3 is 1.66 bits per heavy atom. The third-order valence-corrected chi connectivity index (χ3v) is 16.9. The van der Waals surface area contributed by atoms with Crippen molar-refractivity contribution in [3.05, 3.63) is 75.4 Å². The summed E-state index contributed by atoms with van der Waals surface area (Å²) in [5.74, 6) is 3.72. The molecule has 2 aromatic heterocycles. The number of pyridine rings is 2. The number of methoxy groups -OCH3 is 2. The monoisotopic (exact) mass is 1340 g/mol. The molecule has 4 N–H and O–H groups in total. The van der Waals surface area contributed by atoms with Gasteiger partial charge in [0.05, 0.1) is 49.8 Å². The summed E-state index contributed by atoms with van der Waals surface area (Å²) in [6, 6.07) is 19.5. The first-order valence-electron chi connectivity index (χ1n) is 29.1. The largest absolute Gasteiger partial charge is 0.495 e. The topological polar surface area (TPSA) is 176 Å². The second-order valence-corrected chi connectivity index (χ2v) is 24.4. The summed E-state index contributed by atoms with van der Waals surface area (Å²) < 4.78 is 72.7. The standard InChI is InChI=1S/C27H39N5O3.C20H28BF3N2O3.C13H20IN3O2.2H2S/c1-5-21-8-9-32(18-21)27(33)29-23-7-6-19(2)24(16-23)22-14-25(28-17-20(3)34-4)30-26(15-22)31-10-12-35-13-11-31;1-13-6-7-15(10-16(13)21-28-18(2,3)19(4,5)29-21)25-17(27)26-9-8-14(12-26)11-20(22,23)24;1-10(18-2)9-15-12-7-11(14)8-13(16-12)17-3-5-19-6-4-17;;/h6-7,14-16,20-21H,5,8-13,17-18H2,1-4H3,(H,28,30)(H,29,33);6-7,10,14H,8-9,11-12H2,1-5H3,(H,25,27);7-8,10H,3-6,9H2,1-2H3,(H,15,16);2*1H2/t20-,21+;14-;10-;;/m000../s1. The summed E-state index contributed by atoms with van der Waals surface area (Å²) in [6.45, 7) is 28.1. The molecule has 85 heavy (non-hydrogen) atoms. The van der Waals surface area contributed by atoms with Gasteiger partial charge in [-0.2, -0.15) is 40.2 Å². The lowest BCUT2D eigenvalue weighted by Gasteiger charge is -2.32. The average Bonchev–Trinajstić information content (AvgIpc) is 2.08. The number of carbonyl (C=O) groups is 2. The van der Waals surface area contributed by atoms with Crippen LogP contribution in [0.2, 0.25) is 0 Å². The second kappa shape index (κ2) is 32.7. The van der Waals surface area contributed by atoms with Gasteiger partial charge in [0, 0.05) is 101 Å². The predicted molar refractivity (Wildman–Crippen MR) is 353 cm³/mol. The molecule has 0 unspecified atom stereocenters. The minimum Gasteiger partial charge on any atom is -0.399 e. The first kappa shape index (κ1) is 71.3. The Hall–Kier alpha value is -4.48. The molecular formula is C60H91BF3IN10O8S2. The van der Waals surface area contributed by atoms with E-state index in [9.17, 15) is 22.8 Å². The quantitative estimate of drug-likeness (QED) is 0.0616. The molecule has 7 heterocycles. The number of carbonyl (C=O) groups excluding carboxylic acids is 2. The maximum Gasteiger partial charge on any atom is 0.495 e. The van der Waals surface area contributed by atoms with Crippen molar-refractivity contribution in [1.29, 1.82) is 0 Å². The first-order chi connectivity index (χ1) is 39.4. The zero-order chi connectivity index (χ0) is 60.1. The number of benzene rings is 2. The lowest BCUT2D eigenvalue weighted by atomic mass is 9.76. The number of urea groups is 2. The number of nitrogens with one attached hydrogen (secondary N) is 4. The van der Waals surface area contributed by atoms with Gasteiger partial charge in [0.1, 0.15) is 23.3 Å². The van der Waals surface area contributed by atoms with Crippen LogP contribution in [0.3, 0.4) is 0 Å². The molecule has 4 aromatic rings. The number of anilines is 6. The third-order valence-electron chi connectivity index (χ3n) is 16.3. The summed E-state index contributed by atoms with van der Waals surface area (Å²) >= 11 is 2.32. The van der Waals surface area contributed by atoms with Crippen molar-refractivity contribution in [3.8, 4) is 11.1 Å². The molecule has 0 saturated carbocycles. The Bertz CT molecular complexity index is 2770. The molecule has 5 fully saturated rings. The third kappa shape index (κ3) is 20.8. The highest BCUT2D eigenvalue weighted by Gasteiger charge is 2.52. The van der Waals surface area contributed by atoms with E-state index in [0.29, 0.717) is 44.3 Å². The van der Waals surface area contributed by atoms with Crippen LogP contribution in [0.25, 0.3) is 11.1 Å². The molecule has 0 bridgehead atoms. The Morgan fingerprint density at radius 2 is 1.16 bits per heavy atom. The van der Waals surface area contributed by atoms with Crippen molar-refractivity contribution < 1.29 is 51.0 Å². The highest BCUT2D eigenvalue weighted by atomic mass is 127. The van der Waals surface area contributed by atoms with E-state index in [-0.39, 0.29) is 51.8 Å². The van der Waals surface area contributed by atoms with E-state index in [2.05, 4.69) is 103 Å². The van der Waals surface area contributed by atoms with E-state index < -0.39 is 42.9 Å². The van der Waals surface area contributed by atoms with Gasteiger partial charge in [-0.3, -0.25) is 0 Å². The number of morpholine rings is 2. The Labute approximate surface area is 529 Å². The van der Waals surface area contributed by atoms with Gasteiger partial charge >= 0.3 is 25.4 Å². The van der Waals surface area contributed by atoms with Crippen LogP contribution < -0.4 is 36.5 Å². The second-order valence-electron chi connectivity index (χ2n) is 23.2. The number of nitrogens with zero attached hydrogens (tertiary/aromatic N) is 6. The minimum atomic E-state index is -4.20. The van der Waals surface area contributed by atoms with Crippen LogP contribution in [0.4, 0.5) is 57.4 Å². The Balaban J connectivity index is 0.000000240. The number of hydrogen-bond donors (Lipinski definition) is 4. The number of rotatable bonds is 16. The number of halogens is 4. The van der Waals surface area contributed by atoms with Crippen molar-refractivity contribution in [1.82, 2.24) is 19.8 Å². The number of aryl methyl sites for hydroxylation is 2. The molecule has 5 aliphatic heterocycles. The number of likely N-dealkylation sites (tertiary alicyclic amines) is 2. The first-order valence-corrected chi connectivity index (χ1v) is 30.1. The fraction of sp³-hybridized carbons (Fsp3) is 0.600. The average molecular weight is 1340 g/mol. The lowest BCUT2D eigenvalue weighted by Crippen LogP contribution is -2.41. The number of aromatic nitrogens is 2. The van der Waals surface area contributed by atoms with Gasteiger partial charge in [-0.25, -0.2) is 19.6 Å². The molecular weight excluding hydrogens is 1250 g/mol. The van der Waals surface area contributed by atoms with Crippen LogP contribution >= 0.6 is 49.6 Å². The van der Waals surface area contributed by atoms with Crippen molar-refractivity contribution in [2.24, 2.45) is 11.8 Å². The Morgan fingerprint density at radius 1 is 0.694 bits per heavy atom. The maximum atomic E-state index is 12.9. The molecule has 2 aromatic carbocycles. The maximum absolute atomic E-state index is 12.9. The van der Waals surface area contributed by atoms with Crippen LogP contribution in [-0.2, 0) is 28.3 Å². The SMILES string of the molecule is CC[C@@H]1CCN(C(=O)Nc2ccc(C)c(-c3cc(NC[C@H](C)OC)nc(N4CCOCC4)c3)c2)C1.CO[C@@H](C)CNc1cc(I)cc(N2CCOCC2)n1.Cc1ccc(NC(=O)N2CC[C@@H](CC(F)(F)F)C2)cc1B1OC(C)(C)C(C)(C)O1.S.S. The summed E-state index contributed by atoms with van der Waals surface area (Å²) in [6.07, 6.45) is -2.25. The minimum absolute atomic E-state index is 0. The molecule has 0 radical (unpaired) electrons. The number of amides is 4. The highest BCUT2D eigenvalue weighted by Crippen LogP contribution is 2.38. The molecule has 0 aliphatic carbocycles. The van der Waals surface area contributed by atoms with Crippen molar-refractivity contribution in [2.75, 3.05) is 137 Å². The highest BCUT2D eigenvalue weighted by molar-refractivity contribution is 14.1. The summed E-state index contributed by atoms with van der Waals surface area (Å²) in [5, 5.41) is 12.7. The van der Waals surface area contributed by atoms with Crippen LogP contribution in [0.5, 0.6) is 0 Å². The van der Waals surface area contributed by atoms with Gasteiger partial charge in [0.15, 0.2) is 0 Å². The van der Waals surface area contributed by atoms with Crippen LogP contribution in [0.15, 0.2) is 60.7 Å². The summed E-state index contributed by atoms with van der Waals surface area (Å²) in [7, 11) is 2.87. The molecule has 0 spiro atoms. The number of hydrogen-bond acceptors (Lipinski definition) is 14. The van der Waals surface area contributed by atoms with Crippen LogP contribution in [0.1, 0.15) is 85.3 Å². The molecule has 18 nitrogen and oxygen atoms in total. The molecule has 25 heteroatoms. The fourth-order valence-corrected chi connectivity index (χ4v) is 10.7. The van der Waals surface area contributed by atoms with Gasteiger partial charge in [-0.05, 0) is 173 Å². The van der Waals surface area contributed by atoms with E-state index in [1.807, 2.05) is 71.6 Å². The van der Waals surface area contributed by atoms with E-state index in [1.54, 1.807) is 26.4 Å². The number of ether oxygens (including phenoxy) is 4. The van der Waals surface area contributed by atoms with Crippen molar-refractivity contribution in [2.45, 2.75) is 118 Å². The van der Waals surface area contributed by atoms with Gasteiger partial charge in [0.25, 0.3) is 0 Å². The summed E-state index contributed by atoms with van der Waals surface area (Å²) in [4.78, 5) is 42.8. The zero-order valence-corrected chi connectivity index (χ0v) is 55.5. The van der Waals surface area contributed by atoms with E-state index in [0.717, 1.165) is 129 Å². The molecule has 4 amide bonds. The van der Waals surface area contributed by atoms with Gasteiger partial charge in [0.2, 0.25) is 0 Å². The smallest absolute Gasteiger partial charge is 0.399 e. The lowest BCUT2D eigenvalue weighted by molar-refractivity contribution is -0.143. The van der Waals surface area contributed by atoms with E-state index in [1.165, 1.54) is 8.47 Å². The normalized spacial score (nSPS) is 19.7. The molecule has 472 valence electrons. The molecule has 4 atom stereocenters. The van der Waals surface area contributed by atoms with Gasteiger partial charge < -0.3 is 69.1 Å². The number of alkyl halides is 3.